The van der Waals surface area contributed by atoms with Crippen LogP contribution in [0.4, 0.5) is 0 Å². The van der Waals surface area contributed by atoms with Crippen LogP contribution in [0.3, 0.4) is 0 Å². The molecule has 43 heavy (non-hydrogen) atoms. The van der Waals surface area contributed by atoms with Crippen LogP contribution in [0, 0.1) is 47.4 Å². The number of rotatable bonds is 4. The van der Waals surface area contributed by atoms with Crippen molar-refractivity contribution in [2.24, 2.45) is 0 Å². The molecule has 7 aromatic heterocycles. The molecule has 7 heteroatoms. The van der Waals surface area contributed by atoms with E-state index >= 15 is 0 Å². The molecule has 7 rings (SSSR count). The van der Waals surface area contributed by atoms with E-state index in [0.717, 1.165) is 19.5 Å². The molecule has 0 atom stereocenters. The van der Waals surface area contributed by atoms with Gasteiger partial charge in [0, 0.05) is 39.0 Å². The second-order valence-electron chi connectivity index (χ2n) is 8.77. The molecule has 0 N–H and O–H groups in total. The quantitative estimate of drug-likeness (QED) is 0.163. The molecule has 0 nitrogen and oxygen atoms in total. The Morgan fingerprint density at radius 1 is 0.302 bits per heavy atom. The first-order chi connectivity index (χ1) is 21.3. The van der Waals surface area contributed by atoms with Gasteiger partial charge in [0.1, 0.15) is 0 Å². The van der Waals surface area contributed by atoms with E-state index in [1.165, 1.54) is 39.0 Å². The van der Waals surface area contributed by atoms with Crippen LogP contribution in [0.15, 0.2) is 95.7 Å². The predicted octanol–water partition coefficient (Wildman–Crippen LogP) is 11.6. The third-order valence-corrected chi connectivity index (χ3v) is 13.5. The van der Waals surface area contributed by atoms with Gasteiger partial charge in [-0.05, 0) is 131 Å². The van der Waals surface area contributed by atoms with Crippen molar-refractivity contribution in [1.82, 2.24) is 0 Å². The highest BCUT2D eigenvalue weighted by Crippen LogP contribution is 2.44. The van der Waals surface area contributed by atoms with Crippen molar-refractivity contribution >= 4 is 79.4 Å². The monoisotopic (exact) mass is 672 g/mol. The topological polar surface area (TPSA) is 0 Å². The normalized spacial score (nSPS) is 10.0. The third kappa shape index (κ3) is 6.87. The van der Waals surface area contributed by atoms with E-state index in [4.69, 9.17) is 0 Å². The third-order valence-electron chi connectivity index (χ3n) is 5.91. The summed E-state index contributed by atoms with van der Waals surface area (Å²) >= 11 is 12.2. The van der Waals surface area contributed by atoms with E-state index in [1.54, 1.807) is 45.3 Å². The van der Waals surface area contributed by atoms with Crippen molar-refractivity contribution in [2.75, 3.05) is 0 Å². The van der Waals surface area contributed by atoms with Crippen LogP contribution in [0.1, 0.15) is 19.5 Å². The Labute approximate surface area is 278 Å². The summed E-state index contributed by atoms with van der Waals surface area (Å²) in [7, 11) is 0. The Morgan fingerprint density at radius 3 is 0.930 bits per heavy atom. The molecular formula is C36H16S7. The lowest BCUT2D eigenvalue weighted by Crippen LogP contribution is -1.61. The average molecular weight is 673 g/mol. The van der Waals surface area contributed by atoms with Gasteiger partial charge >= 0.3 is 0 Å². The Morgan fingerprint density at radius 2 is 0.605 bits per heavy atom. The van der Waals surface area contributed by atoms with Crippen LogP contribution in [0.5, 0.6) is 0 Å². The smallest absolute Gasteiger partial charge is 0.0785 e. The van der Waals surface area contributed by atoms with Crippen molar-refractivity contribution in [1.29, 1.82) is 0 Å². The summed E-state index contributed by atoms with van der Waals surface area (Å²) in [5.41, 5.74) is 0. The minimum Gasteiger partial charge on any atom is -0.135 e. The molecule has 7 heterocycles. The Balaban J connectivity index is 1.02. The molecule has 0 saturated carbocycles. The molecule has 0 aromatic carbocycles. The lowest BCUT2D eigenvalue weighted by atomic mass is 10.3. The maximum absolute atomic E-state index is 3.18. The standard InChI is InChI=1S/C36H16S7/c1(7-25-11-5-23-37-25)3-9-27-13-15-29(39-27)31-17-19-33(41-31)35-21-22-36(43-35)34-20-18-32(42-34)30-16-14-28(40-30)10-4-2-8-26-12-6-24-38-26/h5-6,11-24H. The predicted molar refractivity (Wildman–Crippen MR) is 194 cm³/mol. The summed E-state index contributed by atoms with van der Waals surface area (Å²) < 4.78 is 0. The molecular weight excluding hydrogens is 657 g/mol. The van der Waals surface area contributed by atoms with E-state index in [2.05, 4.69) is 108 Å². The fourth-order valence-electron chi connectivity index (χ4n) is 3.95. The number of thiophene rings is 7. The largest absolute Gasteiger partial charge is 0.135 e. The van der Waals surface area contributed by atoms with Crippen LogP contribution in [-0.2, 0) is 0 Å². The van der Waals surface area contributed by atoms with Crippen molar-refractivity contribution in [2.45, 2.75) is 0 Å². The zero-order chi connectivity index (χ0) is 28.8. The maximum Gasteiger partial charge on any atom is 0.0785 e. The van der Waals surface area contributed by atoms with Crippen molar-refractivity contribution in [3.05, 3.63) is 115 Å². The van der Waals surface area contributed by atoms with Crippen LogP contribution in [-0.4, -0.2) is 0 Å². The molecule has 0 aliphatic rings. The molecule has 7 aromatic rings. The Kier molecular flexibility index (Phi) is 8.58. The Bertz CT molecular complexity index is 2100. The van der Waals surface area contributed by atoms with Crippen LogP contribution < -0.4 is 0 Å². The highest BCUT2D eigenvalue weighted by Gasteiger charge is 2.12. The number of hydrogen-bond donors (Lipinski definition) is 0. The molecule has 0 unspecified atom stereocenters. The van der Waals surface area contributed by atoms with Crippen LogP contribution in [0.25, 0.3) is 39.0 Å². The molecule has 0 aliphatic carbocycles. The molecule has 0 aliphatic heterocycles. The fraction of sp³-hybridized carbons (Fsp3) is 0. The SMILES string of the molecule is C(C#Cc1ccc(-c2ccc(-c3ccc(-c4ccc(-c5ccc(C#CC#Cc6cccs6)s5)s4)s3)s2)s1)#Cc1cccs1. The zero-order valence-electron chi connectivity index (χ0n) is 22.1. The Hall–Kier alpha value is -3.86. The number of hydrogen-bond acceptors (Lipinski definition) is 7. The average Bonchev–Trinajstić information content (AvgIpc) is 3.87. The van der Waals surface area contributed by atoms with E-state index in [-0.39, 0.29) is 0 Å². The van der Waals surface area contributed by atoms with Gasteiger partial charge < -0.3 is 0 Å². The van der Waals surface area contributed by atoms with E-state index in [1.807, 2.05) is 69.0 Å². The molecule has 0 radical (unpaired) electrons. The van der Waals surface area contributed by atoms with Gasteiger partial charge in [-0.2, -0.15) is 0 Å². The van der Waals surface area contributed by atoms with Crippen LogP contribution >= 0.6 is 79.4 Å². The molecule has 202 valence electrons. The van der Waals surface area contributed by atoms with Crippen LogP contribution in [0.2, 0.25) is 0 Å². The summed E-state index contributed by atoms with van der Waals surface area (Å²) in [6.45, 7) is 0. The first-order valence-electron chi connectivity index (χ1n) is 12.9. The lowest BCUT2D eigenvalue weighted by molar-refractivity contribution is 1.88. The zero-order valence-corrected chi connectivity index (χ0v) is 27.8. The second kappa shape index (κ2) is 13.2. The van der Waals surface area contributed by atoms with Crippen molar-refractivity contribution in [3.8, 4) is 86.4 Å². The van der Waals surface area contributed by atoms with E-state index in [0.29, 0.717) is 0 Å². The van der Waals surface area contributed by atoms with Crippen molar-refractivity contribution in [3.63, 3.8) is 0 Å². The van der Waals surface area contributed by atoms with E-state index < -0.39 is 0 Å². The van der Waals surface area contributed by atoms with Gasteiger partial charge in [-0.25, -0.2) is 0 Å². The maximum atomic E-state index is 3.18. The van der Waals surface area contributed by atoms with Gasteiger partial charge in [0.2, 0.25) is 0 Å². The van der Waals surface area contributed by atoms with Gasteiger partial charge in [0.15, 0.2) is 0 Å². The fourth-order valence-corrected chi connectivity index (χ4v) is 10.2. The first kappa shape index (κ1) is 27.9. The summed E-state index contributed by atoms with van der Waals surface area (Å²) in [6.07, 6.45) is 0. The highest BCUT2D eigenvalue weighted by atomic mass is 32.1. The van der Waals surface area contributed by atoms with Gasteiger partial charge in [-0.15, -0.1) is 79.4 Å². The summed E-state index contributed by atoms with van der Waals surface area (Å²) in [5.74, 6) is 24.4. The molecule has 0 spiro atoms. The minimum absolute atomic E-state index is 1.03. The van der Waals surface area contributed by atoms with E-state index in [9.17, 15) is 0 Å². The summed E-state index contributed by atoms with van der Waals surface area (Å²) in [5, 5.41) is 4.05. The first-order valence-corrected chi connectivity index (χ1v) is 18.7. The van der Waals surface area contributed by atoms with Crippen molar-refractivity contribution < 1.29 is 0 Å². The van der Waals surface area contributed by atoms with Gasteiger partial charge in [-0.1, -0.05) is 12.1 Å². The van der Waals surface area contributed by atoms with Gasteiger partial charge in [-0.3, -0.25) is 0 Å². The summed E-state index contributed by atoms with van der Waals surface area (Å²) in [4.78, 5) is 14.3. The molecule has 0 saturated heterocycles. The lowest BCUT2D eigenvalue weighted by Gasteiger charge is -1.92. The molecule has 0 bridgehead atoms. The second-order valence-corrected chi connectivity index (χ2v) is 16.1. The molecule has 0 amide bonds. The molecule has 0 fully saturated rings. The van der Waals surface area contributed by atoms with Gasteiger partial charge in [0.25, 0.3) is 0 Å². The van der Waals surface area contributed by atoms with Gasteiger partial charge in [0.05, 0.1) is 19.5 Å². The highest BCUT2D eigenvalue weighted by molar-refractivity contribution is 7.29. The summed E-state index contributed by atoms with van der Waals surface area (Å²) in [6, 6.07) is 29.9. The minimum atomic E-state index is 1.03.